The van der Waals surface area contributed by atoms with Crippen LogP contribution >= 0.6 is 35.6 Å². The first kappa shape index (κ1) is 19.4. The zero-order valence-corrected chi connectivity index (χ0v) is 14.7. The SMILES string of the molecule is CC(Oc1cc(Cl)cc(Cl)c1)C(=O)NCCC1CCNC1.Cl. The predicted octanol–water partition coefficient (Wildman–Crippen LogP) is 3.30. The Labute approximate surface area is 147 Å². The molecule has 1 aromatic rings. The smallest absolute Gasteiger partial charge is 0.260 e. The van der Waals surface area contributed by atoms with Gasteiger partial charge >= 0.3 is 0 Å². The maximum Gasteiger partial charge on any atom is 0.260 e. The molecular weight excluding hydrogens is 347 g/mol. The molecule has 1 fully saturated rings. The average molecular weight is 368 g/mol. The van der Waals surface area contributed by atoms with Crippen molar-refractivity contribution < 1.29 is 9.53 Å². The molecule has 2 rings (SSSR count). The number of hydrogen-bond donors (Lipinski definition) is 2. The van der Waals surface area contributed by atoms with Crippen molar-refractivity contribution in [3.05, 3.63) is 28.2 Å². The Morgan fingerprint density at radius 2 is 2.09 bits per heavy atom. The molecule has 1 amide bonds. The van der Waals surface area contributed by atoms with Gasteiger partial charge < -0.3 is 15.4 Å². The summed E-state index contributed by atoms with van der Waals surface area (Å²) < 4.78 is 5.57. The predicted molar refractivity (Wildman–Crippen MR) is 92.4 cm³/mol. The maximum absolute atomic E-state index is 12.0. The number of ether oxygens (including phenoxy) is 1. The molecule has 0 spiro atoms. The van der Waals surface area contributed by atoms with E-state index in [-0.39, 0.29) is 18.3 Å². The fraction of sp³-hybridized carbons (Fsp3) is 0.533. The van der Waals surface area contributed by atoms with Crippen LogP contribution in [0.1, 0.15) is 19.8 Å². The average Bonchev–Trinajstić information content (AvgIpc) is 2.90. The monoisotopic (exact) mass is 366 g/mol. The second-order valence-electron chi connectivity index (χ2n) is 5.30. The summed E-state index contributed by atoms with van der Waals surface area (Å²) in [5.74, 6) is 1.03. The quantitative estimate of drug-likeness (QED) is 0.811. The second-order valence-corrected chi connectivity index (χ2v) is 6.18. The molecule has 1 saturated heterocycles. The molecule has 2 N–H and O–H groups in total. The van der Waals surface area contributed by atoms with Crippen LogP contribution < -0.4 is 15.4 Å². The van der Waals surface area contributed by atoms with E-state index in [9.17, 15) is 4.79 Å². The van der Waals surface area contributed by atoms with E-state index in [4.69, 9.17) is 27.9 Å². The molecule has 0 radical (unpaired) electrons. The molecule has 0 saturated carbocycles. The Bertz CT molecular complexity index is 473. The Kier molecular flexibility index (Phi) is 8.33. The molecule has 124 valence electrons. The van der Waals surface area contributed by atoms with Crippen LogP contribution in [0, 0.1) is 5.92 Å². The van der Waals surface area contributed by atoms with Gasteiger partial charge in [-0.1, -0.05) is 23.2 Å². The Morgan fingerprint density at radius 3 is 2.68 bits per heavy atom. The summed E-state index contributed by atoms with van der Waals surface area (Å²) in [6.07, 6.45) is 1.60. The zero-order valence-electron chi connectivity index (χ0n) is 12.4. The lowest BCUT2D eigenvalue weighted by atomic mass is 10.1. The lowest BCUT2D eigenvalue weighted by Gasteiger charge is -2.16. The van der Waals surface area contributed by atoms with Crippen LogP contribution in [0.2, 0.25) is 10.0 Å². The number of carbonyl (C=O) groups excluding carboxylic acids is 1. The van der Waals surface area contributed by atoms with E-state index in [2.05, 4.69) is 10.6 Å². The number of amides is 1. The summed E-state index contributed by atoms with van der Waals surface area (Å²) in [6.45, 7) is 4.51. The van der Waals surface area contributed by atoms with Crippen molar-refractivity contribution in [2.75, 3.05) is 19.6 Å². The van der Waals surface area contributed by atoms with E-state index in [1.165, 1.54) is 6.42 Å². The van der Waals surface area contributed by atoms with Crippen LogP contribution in [0.5, 0.6) is 5.75 Å². The minimum absolute atomic E-state index is 0. The summed E-state index contributed by atoms with van der Waals surface area (Å²) in [5.41, 5.74) is 0. The molecule has 0 aliphatic carbocycles. The van der Waals surface area contributed by atoms with E-state index in [1.54, 1.807) is 25.1 Å². The maximum atomic E-state index is 12.0. The summed E-state index contributed by atoms with van der Waals surface area (Å²) in [6, 6.07) is 4.90. The summed E-state index contributed by atoms with van der Waals surface area (Å²) in [5, 5.41) is 7.19. The van der Waals surface area contributed by atoms with E-state index in [1.807, 2.05) is 0 Å². The third-order valence-electron chi connectivity index (χ3n) is 3.53. The lowest BCUT2D eigenvalue weighted by molar-refractivity contribution is -0.127. The largest absolute Gasteiger partial charge is 0.481 e. The zero-order chi connectivity index (χ0) is 15.2. The number of hydrogen-bond acceptors (Lipinski definition) is 3. The Balaban J connectivity index is 0.00000242. The third-order valence-corrected chi connectivity index (χ3v) is 3.97. The van der Waals surface area contributed by atoms with Crippen LogP contribution in [-0.4, -0.2) is 31.6 Å². The number of halogens is 3. The minimum atomic E-state index is -0.582. The Morgan fingerprint density at radius 1 is 1.41 bits per heavy atom. The van der Waals surface area contributed by atoms with Crippen molar-refractivity contribution in [2.24, 2.45) is 5.92 Å². The third kappa shape index (κ3) is 6.21. The lowest BCUT2D eigenvalue weighted by Crippen LogP contribution is -2.37. The Hall–Kier alpha value is -0.680. The molecule has 22 heavy (non-hydrogen) atoms. The molecule has 0 bridgehead atoms. The summed E-state index contributed by atoms with van der Waals surface area (Å²) >= 11 is 11.8. The first-order valence-corrected chi connectivity index (χ1v) is 7.91. The second kappa shape index (κ2) is 9.46. The molecule has 2 unspecified atom stereocenters. The van der Waals surface area contributed by atoms with E-state index < -0.39 is 6.10 Å². The molecule has 2 atom stereocenters. The molecule has 1 heterocycles. The number of carbonyl (C=O) groups is 1. The highest BCUT2D eigenvalue weighted by Crippen LogP contribution is 2.24. The van der Waals surface area contributed by atoms with Crippen LogP contribution in [0.25, 0.3) is 0 Å². The van der Waals surface area contributed by atoms with Crippen LogP contribution in [0.4, 0.5) is 0 Å². The topological polar surface area (TPSA) is 50.4 Å². The first-order chi connectivity index (χ1) is 10.0. The van der Waals surface area contributed by atoms with Gasteiger partial charge in [-0.15, -0.1) is 12.4 Å². The first-order valence-electron chi connectivity index (χ1n) is 7.16. The standard InChI is InChI=1S/C15H20Cl2N2O2.ClH/c1-10(21-14-7-12(16)6-13(17)8-14)15(20)19-5-3-11-2-4-18-9-11;/h6-8,10-11,18H,2-5,9H2,1H3,(H,19,20);1H. The highest BCUT2D eigenvalue weighted by Gasteiger charge is 2.17. The molecular formula is C15H21Cl3N2O2. The van der Waals surface area contributed by atoms with E-state index >= 15 is 0 Å². The van der Waals surface area contributed by atoms with Crippen LogP contribution in [-0.2, 0) is 4.79 Å². The molecule has 1 aromatic carbocycles. The van der Waals surface area contributed by atoms with Gasteiger partial charge in [0, 0.05) is 16.6 Å². The molecule has 0 aromatic heterocycles. The van der Waals surface area contributed by atoms with Crippen molar-refractivity contribution in [2.45, 2.75) is 25.9 Å². The highest BCUT2D eigenvalue weighted by molar-refractivity contribution is 6.34. The van der Waals surface area contributed by atoms with Crippen molar-refractivity contribution in [1.82, 2.24) is 10.6 Å². The van der Waals surface area contributed by atoms with E-state index in [0.717, 1.165) is 19.5 Å². The van der Waals surface area contributed by atoms with Gasteiger partial charge in [0.1, 0.15) is 5.75 Å². The van der Waals surface area contributed by atoms with Crippen molar-refractivity contribution in [3.63, 3.8) is 0 Å². The van der Waals surface area contributed by atoms with Crippen molar-refractivity contribution in [1.29, 1.82) is 0 Å². The van der Waals surface area contributed by atoms with Gasteiger partial charge in [-0.2, -0.15) is 0 Å². The van der Waals surface area contributed by atoms with Crippen molar-refractivity contribution >= 4 is 41.5 Å². The fourth-order valence-electron chi connectivity index (χ4n) is 2.36. The van der Waals surface area contributed by atoms with Gasteiger partial charge in [0.2, 0.25) is 0 Å². The fourth-order valence-corrected chi connectivity index (χ4v) is 2.86. The van der Waals surface area contributed by atoms with Gasteiger partial charge in [0.05, 0.1) is 0 Å². The minimum Gasteiger partial charge on any atom is -0.481 e. The number of benzene rings is 1. The van der Waals surface area contributed by atoms with Crippen LogP contribution in [0.15, 0.2) is 18.2 Å². The molecule has 7 heteroatoms. The molecule has 1 aliphatic rings. The molecule has 1 aliphatic heterocycles. The van der Waals surface area contributed by atoms with Gasteiger partial charge in [-0.3, -0.25) is 4.79 Å². The summed E-state index contributed by atoms with van der Waals surface area (Å²) in [4.78, 5) is 12.0. The van der Waals surface area contributed by atoms with Gasteiger partial charge in [0.15, 0.2) is 6.10 Å². The number of nitrogens with one attached hydrogen (secondary N) is 2. The van der Waals surface area contributed by atoms with E-state index in [0.29, 0.717) is 28.3 Å². The summed E-state index contributed by atoms with van der Waals surface area (Å²) in [7, 11) is 0. The number of rotatable bonds is 6. The van der Waals surface area contributed by atoms with Crippen LogP contribution in [0.3, 0.4) is 0 Å². The normalized spacial score (nSPS) is 18.4. The highest BCUT2D eigenvalue weighted by atomic mass is 35.5. The van der Waals surface area contributed by atoms with Gasteiger partial charge in [-0.05, 0) is 57.0 Å². The molecule has 4 nitrogen and oxygen atoms in total. The van der Waals surface area contributed by atoms with Gasteiger partial charge in [-0.25, -0.2) is 0 Å². The van der Waals surface area contributed by atoms with Crippen molar-refractivity contribution in [3.8, 4) is 5.75 Å². The van der Waals surface area contributed by atoms with Gasteiger partial charge in [0.25, 0.3) is 5.91 Å².